The van der Waals surface area contributed by atoms with Gasteiger partial charge >= 0.3 is 0 Å². The molecule has 0 bridgehead atoms. The van der Waals surface area contributed by atoms with Gasteiger partial charge in [-0.15, -0.1) is 0 Å². The summed E-state index contributed by atoms with van der Waals surface area (Å²) in [6.45, 7) is 4.44. The molecule has 102 valence electrons. The van der Waals surface area contributed by atoms with Gasteiger partial charge in [-0.3, -0.25) is 0 Å². The number of unbranched alkanes of at least 4 members (excludes halogenated alkanes) is 1. The first-order valence-corrected chi connectivity index (χ1v) is 6.91. The molecule has 0 aliphatic heterocycles. The first kappa shape index (κ1) is 14.7. The molecular weight excluding hydrogens is 224 g/mol. The van der Waals surface area contributed by atoms with Crippen LogP contribution in [0.5, 0.6) is 5.75 Å². The number of hydrogen-bond donors (Lipinski definition) is 2. The monoisotopic (exact) mass is 250 g/mol. The van der Waals surface area contributed by atoms with Crippen molar-refractivity contribution < 1.29 is 4.74 Å². The second-order valence-electron chi connectivity index (χ2n) is 4.69. The first-order chi connectivity index (χ1) is 8.72. The minimum Gasteiger partial charge on any atom is -0.495 e. The molecule has 3 heteroatoms. The van der Waals surface area contributed by atoms with Crippen LogP contribution in [0.4, 0.5) is 11.4 Å². The van der Waals surface area contributed by atoms with E-state index in [1.54, 1.807) is 7.11 Å². The van der Waals surface area contributed by atoms with Crippen LogP contribution in [0.25, 0.3) is 0 Å². The predicted molar refractivity (Wildman–Crippen MR) is 79.3 cm³/mol. The minimum atomic E-state index is 0.504. The zero-order chi connectivity index (χ0) is 13.4. The third-order valence-corrected chi connectivity index (χ3v) is 3.19. The minimum absolute atomic E-state index is 0.504. The van der Waals surface area contributed by atoms with Crippen LogP contribution in [-0.2, 0) is 0 Å². The molecule has 1 atom stereocenters. The molecule has 0 amide bonds. The number of anilines is 2. The molecule has 0 aromatic heterocycles. The van der Waals surface area contributed by atoms with E-state index in [1.165, 1.54) is 32.1 Å². The molecule has 1 unspecified atom stereocenters. The fraction of sp³-hybridized carbons (Fsp3) is 0.600. The molecule has 1 aromatic carbocycles. The fourth-order valence-corrected chi connectivity index (χ4v) is 2.16. The second-order valence-corrected chi connectivity index (χ2v) is 4.69. The third-order valence-electron chi connectivity index (χ3n) is 3.19. The van der Waals surface area contributed by atoms with Gasteiger partial charge in [-0.25, -0.2) is 0 Å². The molecule has 1 aromatic rings. The standard InChI is InChI=1S/C15H26N2O/c1-4-6-9-12(8-5-2)17-13-10-7-11-14(18-3)15(13)16/h7,10-12,17H,4-6,8-9,16H2,1-3H3. The highest BCUT2D eigenvalue weighted by Crippen LogP contribution is 2.30. The predicted octanol–water partition coefficient (Wildman–Crippen LogP) is 4.05. The van der Waals surface area contributed by atoms with E-state index in [-0.39, 0.29) is 0 Å². The van der Waals surface area contributed by atoms with Crippen LogP contribution in [-0.4, -0.2) is 13.2 Å². The molecule has 3 N–H and O–H groups in total. The maximum Gasteiger partial charge on any atom is 0.143 e. The van der Waals surface area contributed by atoms with Crippen molar-refractivity contribution in [3.05, 3.63) is 18.2 Å². The lowest BCUT2D eigenvalue weighted by Gasteiger charge is -2.21. The lowest BCUT2D eigenvalue weighted by molar-refractivity contribution is 0.417. The van der Waals surface area contributed by atoms with Gasteiger partial charge in [0.25, 0.3) is 0 Å². The molecule has 0 fully saturated rings. The van der Waals surface area contributed by atoms with Crippen LogP contribution in [0.15, 0.2) is 18.2 Å². The Bertz CT molecular complexity index is 352. The highest BCUT2D eigenvalue weighted by Gasteiger charge is 2.10. The summed E-state index contributed by atoms with van der Waals surface area (Å²) < 4.78 is 5.24. The smallest absolute Gasteiger partial charge is 0.143 e. The zero-order valence-corrected chi connectivity index (χ0v) is 11.8. The van der Waals surface area contributed by atoms with Crippen molar-refractivity contribution in [3.63, 3.8) is 0 Å². The maximum absolute atomic E-state index is 6.08. The maximum atomic E-state index is 6.08. The third kappa shape index (κ3) is 4.13. The summed E-state index contributed by atoms with van der Waals surface area (Å²) in [5.74, 6) is 0.741. The van der Waals surface area contributed by atoms with Gasteiger partial charge in [0.15, 0.2) is 0 Å². The summed E-state index contributed by atoms with van der Waals surface area (Å²) >= 11 is 0. The van der Waals surface area contributed by atoms with Crippen molar-refractivity contribution in [3.8, 4) is 5.75 Å². The van der Waals surface area contributed by atoms with E-state index < -0.39 is 0 Å². The SMILES string of the molecule is CCCCC(CCC)Nc1cccc(OC)c1N. The molecule has 0 saturated carbocycles. The number of methoxy groups -OCH3 is 1. The zero-order valence-electron chi connectivity index (χ0n) is 11.8. The van der Waals surface area contributed by atoms with Crippen molar-refractivity contribution in [2.24, 2.45) is 0 Å². The second kappa shape index (κ2) is 7.85. The van der Waals surface area contributed by atoms with E-state index in [0.29, 0.717) is 11.7 Å². The van der Waals surface area contributed by atoms with Crippen LogP contribution in [0.1, 0.15) is 46.0 Å². The Labute approximate surface area is 111 Å². The van der Waals surface area contributed by atoms with Gasteiger partial charge in [0, 0.05) is 6.04 Å². The highest BCUT2D eigenvalue weighted by atomic mass is 16.5. The van der Waals surface area contributed by atoms with Gasteiger partial charge in [-0.05, 0) is 25.0 Å². The van der Waals surface area contributed by atoms with E-state index in [9.17, 15) is 0 Å². The molecule has 0 radical (unpaired) electrons. The van der Waals surface area contributed by atoms with Gasteiger partial charge < -0.3 is 15.8 Å². The average Bonchev–Trinajstić information content (AvgIpc) is 2.38. The fourth-order valence-electron chi connectivity index (χ4n) is 2.16. The summed E-state index contributed by atoms with van der Waals surface area (Å²) in [5, 5.41) is 3.55. The number of nitrogen functional groups attached to an aromatic ring is 1. The molecule has 1 rings (SSSR count). The van der Waals surface area contributed by atoms with E-state index in [4.69, 9.17) is 10.5 Å². The van der Waals surface area contributed by atoms with Crippen molar-refractivity contribution in [2.75, 3.05) is 18.2 Å². The van der Waals surface area contributed by atoms with E-state index in [1.807, 2.05) is 18.2 Å². The average molecular weight is 250 g/mol. The number of para-hydroxylation sites is 1. The number of nitrogens with two attached hydrogens (primary N) is 1. The number of rotatable bonds is 8. The lowest BCUT2D eigenvalue weighted by Crippen LogP contribution is -2.20. The van der Waals surface area contributed by atoms with E-state index in [0.717, 1.165) is 11.4 Å². The molecule has 0 spiro atoms. The Morgan fingerprint density at radius 2 is 2.00 bits per heavy atom. The highest BCUT2D eigenvalue weighted by molar-refractivity contribution is 5.73. The van der Waals surface area contributed by atoms with Gasteiger partial charge in [0.05, 0.1) is 18.5 Å². The van der Waals surface area contributed by atoms with E-state index >= 15 is 0 Å². The summed E-state index contributed by atoms with van der Waals surface area (Å²) in [4.78, 5) is 0. The topological polar surface area (TPSA) is 47.3 Å². The molecule has 0 heterocycles. The number of ether oxygens (including phenoxy) is 1. The lowest BCUT2D eigenvalue weighted by atomic mass is 10.0. The molecule has 3 nitrogen and oxygen atoms in total. The van der Waals surface area contributed by atoms with Crippen LogP contribution in [0.3, 0.4) is 0 Å². The van der Waals surface area contributed by atoms with Gasteiger partial charge in [0.2, 0.25) is 0 Å². The van der Waals surface area contributed by atoms with Crippen molar-refractivity contribution in [2.45, 2.75) is 52.0 Å². The Morgan fingerprint density at radius 1 is 1.22 bits per heavy atom. The number of nitrogens with one attached hydrogen (secondary N) is 1. The van der Waals surface area contributed by atoms with Crippen molar-refractivity contribution in [1.82, 2.24) is 0 Å². The molecular formula is C15H26N2O. The first-order valence-electron chi connectivity index (χ1n) is 6.91. The Hall–Kier alpha value is -1.38. The molecule has 0 saturated heterocycles. The molecule has 0 aliphatic carbocycles. The number of hydrogen-bond acceptors (Lipinski definition) is 3. The van der Waals surface area contributed by atoms with Crippen LogP contribution in [0.2, 0.25) is 0 Å². The summed E-state index contributed by atoms with van der Waals surface area (Å²) in [6, 6.07) is 6.39. The van der Waals surface area contributed by atoms with Gasteiger partial charge in [-0.1, -0.05) is 39.2 Å². The molecule has 18 heavy (non-hydrogen) atoms. The summed E-state index contributed by atoms with van der Waals surface area (Å²) in [6.07, 6.45) is 6.04. The summed E-state index contributed by atoms with van der Waals surface area (Å²) in [5.41, 5.74) is 7.78. The quantitative estimate of drug-likeness (QED) is 0.684. The Kier molecular flexibility index (Phi) is 6.40. The van der Waals surface area contributed by atoms with Crippen molar-refractivity contribution in [1.29, 1.82) is 0 Å². The summed E-state index contributed by atoms with van der Waals surface area (Å²) in [7, 11) is 1.65. The van der Waals surface area contributed by atoms with Crippen LogP contribution in [0, 0.1) is 0 Å². The Morgan fingerprint density at radius 3 is 2.61 bits per heavy atom. The van der Waals surface area contributed by atoms with E-state index in [2.05, 4.69) is 19.2 Å². The normalized spacial score (nSPS) is 12.2. The van der Waals surface area contributed by atoms with Gasteiger partial charge in [0.1, 0.15) is 5.75 Å². The van der Waals surface area contributed by atoms with Crippen LogP contribution >= 0.6 is 0 Å². The number of benzene rings is 1. The van der Waals surface area contributed by atoms with Crippen molar-refractivity contribution >= 4 is 11.4 Å². The van der Waals surface area contributed by atoms with Gasteiger partial charge in [-0.2, -0.15) is 0 Å². The molecule has 0 aliphatic rings. The Balaban J connectivity index is 2.73. The van der Waals surface area contributed by atoms with Crippen LogP contribution < -0.4 is 15.8 Å². The largest absolute Gasteiger partial charge is 0.495 e.